The minimum absolute atomic E-state index is 0.498. The summed E-state index contributed by atoms with van der Waals surface area (Å²) in [6.45, 7) is 1.19. The average molecular weight is 236 g/mol. The third-order valence-electron chi connectivity index (χ3n) is 2.75. The number of hydrogen-bond donors (Lipinski definition) is 2. The first kappa shape index (κ1) is 9.95. The topological polar surface area (TPSA) is 76.8 Å². The minimum atomic E-state index is -0.498. The number of nitrogens with zero attached hydrogens (tertiary/aromatic N) is 2. The van der Waals surface area contributed by atoms with Crippen LogP contribution in [0.3, 0.4) is 0 Å². The molecule has 0 spiro atoms. The molecule has 5 nitrogen and oxygen atoms in total. The van der Waals surface area contributed by atoms with E-state index in [0.29, 0.717) is 24.9 Å². The van der Waals surface area contributed by atoms with Gasteiger partial charge in [0, 0.05) is 6.61 Å². The van der Waals surface area contributed by atoms with Gasteiger partial charge in [0.25, 0.3) is 0 Å². The van der Waals surface area contributed by atoms with Crippen molar-refractivity contribution >= 4 is 11.3 Å². The number of ether oxygens (including phenoxy) is 1. The van der Waals surface area contributed by atoms with Gasteiger partial charge in [-0.05, 0) is 17.9 Å². The summed E-state index contributed by atoms with van der Waals surface area (Å²) in [5.74, 6) is 1.43. The molecule has 0 amide bonds. The molecule has 1 fully saturated rings. The van der Waals surface area contributed by atoms with Crippen LogP contribution < -0.4 is 5.73 Å². The molecular formula is C10H12N4OS. The molecular weight excluding hydrogens is 224 g/mol. The van der Waals surface area contributed by atoms with Gasteiger partial charge in [-0.3, -0.25) is 5.10 Å². The van der Waals surface area contributed by atoms with Crippen molar-refractivity contribution in [2.45, 2.75) is 12.0 Å². The van der Waals surface area contributed by atoms with Gasteiger partial charge in [-0.25, -0.2) is 4.98 Å². The molecule has 1 atom stereocenters. The zero-order chi connectivity index (χ0) is 11.0. The molecule has 2 aromatic heterocycles. The lowest BCUT2D eigenvalue weighted by atomic mass is 10.00. The maximum absolute atomic E-state index is 6.19. The Labute approximate surface area is 96.7 Å². The maximum atomic E-state index is 6.19. The van der Waals surface area contributed by atoms with Crippen LogP contribution in [0.15, 0.2) is 17.5 Å². The van der Waals surface area contributed by atoms with Gasteiger partial charge in [0.05, 0.1) is 11.5 Å². The van der Waals surface area contributed by atoms with Gasteiger partial charge in [-0.15, -0.1) is 11.3 Å². The average Bonchev–Trinajstić information content (AvgIpc) is 2.98. The van der Waals surface area contributed by atoms with E-state index in [-0.39, 0.29) is 0 Å². The predicted octanol–water partition coefficient (Wildman–Crippen LogP) is 1.11. The van der Waals surface area contributed by atoms with Crippen LogP contribution in [0, 0.1) is 0 Å². The van der Waals surface area contributed by atoms with Crippen LogP contribution in [0.25, 0.3) is 10.7 Å². The molecule has 6 heteroatoms. The lowest BCUT2D eigenvalue weighted by Crippen LogP contribution is -2.38. The van der Waals surface area contributed by atoms with E-state index in [1.165, 1.54) is 0 Å². The van der Waals surface area contributed by atoms with Crippen molar-refractivity contribution in [3.8, 4) is 10.7 Å². The van der Waals surface area contributed by atoms with Crippen LogP contribution in [0.1, 0.15) is 12.2 Å². The number of hydrogen-bond acceptors (Lipinski definition) is 5. The third kappa shape index (κ3) is 1.55. The molecule has 1 unspecified atom stereocenters. The van der Waals surface area contributed by atoms with Gasteiger partial charge in [-0.2, -0.15) is 5.10 Å². The molecule has 0 bridgehead atoms. The summed E-state index contributed by atoms with van der Waals surface area (Å²) in [6, 6.07) is 3.97. The van der Waals surface area contributed by atoms with Crippen molar-refractivity contribution in [2.75, 3.05) is 13.2 Å². The molecule has 0 aromatic carbocycles. The van der Waals surface area contributed by atoms with Crippen LogP contribution in [0.2, 0.25) is 0 Å². The molecule has 84 valence electrons. The maximum Gasteiger partial charge on any atom is 0.191 e. The van der Waals surface area contributed by atoms with E-state index in [1.54, 1.807) is 11.3 Å². The second kappa shape index (κ2) is 3.65. The van der Waals surface area contributed by atoms with E-state index < -0.39 is 5.54 Å². The monoisotopic (exact) mass is 236 g/mol. The molecule has 0 saturated carbocycles. The standard InChI is InChI=1S/C10H12N4OS/c11-10(3-4-15-6-10)9-12-8(13-14-9)7-2-1-5-16-7/h1-2,5H,3-4,6,11H2,(H,12,13,14). The Hall–Kier alpha value is -1.24. The number of nitrogens with one attached hydrogen (secondary N) is 1. The molecule has 3 rings (SSSR count). The molecule has 0 radical (unpaired) electrons. The molecule has 3 N–H and O–H groups in total. The summed E-state index contributed by atoms with van der Waals surface area (Å²) in [5, 5.41) is 9.11. The predicted molar refractivity (Wildman–Crippen MR) is 61.0 cm³/mol. The van der Waals surface area contributed by atoms with E-state index in [2.05, 4.69) is 15.2 Å². The van der Waals surface area contributed by atoms with Crippen molar-refractivity contribution in [2.24, 2.45) is 5.73 Å². The van der Waals surface area contributed by atoms with Crippen molar-refractivity contribution in [1.29, 1.82) is 0 Å². The Kier molecular flexibility index (Phi) is 2.27. The van der Waals surface area contributed by atoms with Crippen LogP contribution >= 0.6 is 11.3 Å². The smallest absolute Gasteiger partial charge is 0.191 e. The number of aromatic nitrogens is 3. The Bertz CT molecular complexity index is 473. The zero-order valence-electron chi connectivity index (χ0n) is 8.64. The Morgan fingerprint density at radius 2 is 2.50 bits per heavy atom. The van der Waals surface area contributed by atoms with E-state index in [0.717, 1.165) is 11.3 Å². The van der Waals surface area contributed by atoms with Gasteiger partial charge >= 0.3 is 0 Å². The summed E-state index contributed by atoms with van der Waals surface area (Å²) in [6.07, 6.45) is 0.784. The van der Waals surface area contributed by atoms with Crippen molar-refractivity contribution in [1.82, 2.24) is 15.2 Å². The van der Waals surface area contributed by atoms with Crippen LogP contribution in [0.5, 0.6) is 0 Å². The zero-order valence-corrected chi connectivity index (χ0v) is 9.46. The van der Waals surface area contributed by atoms with Gasteiger partial charge in [0.1, 0.15) is 11.4 Å². The highest BCUT2D eigenvalue weighted by Crippen LogP contribution is 2.27. The molecule has 16 heavy (non-hydrogen) atoms. The van der Waals surface area contributed by atoms with Gasteiger partial charge < -0.3 is 10.5 Å². The van der Waals surface area contributed by atoms with E-state index in [1.807, 2.05) is 17.5 Å². The molecule has 1 saturated heterocycles. The number of rotatable bonds is 2. The first-order valence-electron chi connectivity index (χ1n) is 5.11. The van der Waals surface area contributed by atoms with E-state index in [4.69, 9.17) is 10.5 Å². The second-order valence-corrected chi connectivity index (χ2v) is 4.89. The summed E-state index contributed by atoms with van der Waals surface area (Å²) < 4.78 is 5.30. The van der Waals surface area contributed by atoms with Crippen molar-refractivity contribution < 1.29 is 4.74 Å². The highest BCUT2D eigenvalue weighted by atomic mass is 32.1. The van der Waals surface area contributed by atoms with E-state index in [9.17, 15) is 0 Å². The van der Waals surface area contributed by atoms with Crippen molar-refractivity contribution in [3.63, 3.8) is 0 Å². The summed E-state index contributed by atoms with van der Waals surface area (Å²) in [5.41, 5.74) is 5.69. The second-order valence-electron chi connectivity index (χ2n) is 3.94. The van der Waals surface area contributed by atoms with Crippen molar-refractivity contribution in [3.05, 3.63) is 23.3 Å². The highest BCUT2D eigenvalue weighted by Gasteiger charge is 2.35. The Balaban J connectivity index is 1.93. The summed E-state index contributed by atoms with van der Waals surface area (Å²) in [4.78, 5) is 5.49. The van der Waals surface area contributed by atoms with Crippen LogP contribution in [0.4, 0.5) is 0 Å². The molecule has 2 aromatic rings. The molecule has 0 aliphatic carbocycles. The summed E-state index contributed by atoms with van der Waals surface area (Å²) in [7, 11) is 0. The normalized spacial score (nSPS) is 25.1. The first-order valence-corrected chi connectivity index (χ1v) is 5.99. The highest BCUT2D eigenvalue weighted by molar-refractivity contribution is 7.13. The van der Waals surface area contributed by atoms with Gasteiger partial charge in [0.2, 0.25) is 0 Å². The molecule has 3 heterocycles. The Morgan fingerprint density at radius 3 is 3.19 bits per heavy atom. The fraction of sp³-hybridized carbons (Fsp3) is 0.400. The summed E-state index contributed by atoms with van der Waals surface area (Å²) >= 11 is 1.61. The lowest BCUT2D eigenvalue weighted by molar-refractivity contribution is 0.176. The largest absolute Gasteiger partial charge is 0.379 e. The fourth-order valence-corrected chi connectivity index (χ4v) is 2.43. The van der Waals surface area contributed by atoms with E-state index >= 15 is 0 Å². The Morgan fingerprint density at radius 1 is 1.56 bits per heavy atom. The molecule has 1 aliphatic rings. The third-order valence-corrected chi connectivity index (χ3v) is 3.62. The number of nitrogens with two attached hydrogens (primary N) is 1. The molecule has 1 aliphatic heterocycles. The number of H-pyrrole nitrogens is 1. The minimum Gasteiger partial charge on any atom is -0.379 e. The number of aromatic amines is 1. The van der Waals surface area contributed by atoms with Crippen LogP contribution in [-0.2, 0) is 10.3 Å². The lowest BCUT2D eigenvalue weighted by Gasteiger charge is -2.17. The SMILES string of the molecule is NC1(c2nc(-c3cccs3)n[nH]2)CCOC1. The van der Waals surface area contributed by atoms with Gasteiger partial charge in [0.15, 0.2) is 5.82 Å². The quantitative estimate of drug-likeness (QED) is 0.818. The van der Waals surface area contributed by atoms with Crippen LogP contribution in [-0.4, -0.2) is 28.4 Å². The van der Waals surface area contributed by atoms with Gasteiger partial charge in [-0.1, -0.05) is 6.07 Å². The fourth-order valence-electron chi connectivity index (χ4n) is 1.77. The first-order chi connectivity index (χ1) is 7.78. The number of thiophene rings is 1.